The lowest BCUT2D eigenvalue weighted by atomic mass is 10.1. The second-order valence-electron chi connectivity index (χ2n) is 5.95. The minimum Gasteiger partial charge on any atom is -0.329 e. The zero-order chi connectivity index (χ0) is 19.0. The molecule has 2 aromatic heterocycles. The number of anilines is 1. The van der Waals surface area contributed by atoms with E-state index in [9.17, 15) is 14.0 Å². The molecule has 0 fully saturated rings. The third kappa shape index (κ3) is 3.30. The quantitative estimate of drug-likeness (QED) is 0.507. The van der Waals surface area contributed by atoms with Crippen molar-refractivity contribution >= 4 is 51.6 Å². The molecule has 2 heterocycles. The number of nitrogens with one attached hydrogen (secondary N) is 1. The number of nitrogens with zero attached hydrogens (tertiary/aromatic N) is 2. The Hall–Kier alpha value is -2.44. The van der Waals surface area contributed by atoms with Crippen molar-refractivity contribution in [2.45, 2.75) is 19.9 Å². The first kappa shape index (κ1) is 18.4. The lowest BCUT2D eigenvalue weighted by molar-refractivity contribution is -0.112. The van der Waals surface area contributed by atoms with Gasteiger partial charge < -0.3 is 9.88 Å². The number of hydrogen-bond donors (Lipinski definition) is 1. The van der Waals surface area contributed by atoms with Gasteiger partial charge in [-0.1, -0.05) is 23.2 Å². The molecule has 0 unspecified atom stereocenters. The number of carbonyl (C=O) groups is 2. The number of benzene rings is 1. The lowest BCUT2D eigenvalue weighted by Crippen LogP contribution is -2.23. The van der Waals surface area contributed by atoms with E-state index in [1.54, 1.807) is 24.5 Å². The summed E-state index contributed by atoms with van der Waals surface area (Å²) in [5, 5.41) is 2.74. The maximum Gasteiger partial charge on any atom is 0.296 e. The average molecular weight is 394 g/mol. The van der Waals surface area contributed by atoms with Gasteiger partial charge in [-0.15, -0.1) is 0 Å². The largest absolute Gasteiger partial charge is 0.329 e. The Bertz CT molecular complexity index is 1010. The number of halogens is 3. The standard InChI is InChI=1S/C18H14Cl2FN3O2/c1-9(2)24-8-12(11-4-3-5-22-17(11)24)16(25)18(26)23-15-13(19)6-10(21)7-14(15)20/h3-9H,1-2H3,(H,23,26). The first-order valence-corrected chi connectivity index (χ1v) is 8.51. The first-order chi connectivity index (χ1) is 12.3. The van der Waals surface area contributed by atoms with Gasteiger partial charge >= 0.3 is 0 Å². The summed E-state index contributed by atoms with van der Waals surface area (Å²) < 4.78 is 15.1. The van der Waals surface area contributed by atoms with Gasteiger partial charge in [0.25, 0.3) is 11.7 Å². The molecule has 1 aromatic carbocycles. The van der Waals surface area contributed by atoms with Gasteiger partial charge in [0.1, 0.15) is 11.5 Å². The van der Waals surface area contributed by atoms with E-state index in [1.165, 1.54) is 0 Å². The van der Waals surface area contributed by atoms with Gasteiger partial charge in [-0.3, -0.25) is 9.59 Å². The highest BCUT2D eigenvalue weighted by Crippen LogP contribution is 2.32. The number of rotatable bonds is 4. The Labute approximate surface area is 158 Å². The van der Waals surface area contributed by atoms with Crippen LogP contribution in [-0.4, -0.2) is 21.2 Å². The van der Waals surface area contributed by atoms with Crippen LogP contribution in [0.15, 0.2) is 36.7 Å². The number of amides is 1. The smallest absolute Gasteiger partial charge is 0.296 e. The molecule has 134 valence electrons. The fourth-order valence-electron chi connectivity index (χ4n) is 2.61. The van der Waals surface area contributed by atoms with Gasteiger partial charge in [0.15, 0.2) is 0 Å². The lowest BCUT2D eigenvalue weighted by Gasteiger charge is -2.08. The van der Waals surface area contributed by atoms with Crippen molar-refractivity contribution in [3.05, 3.63) is 58.1 Å². The molecular weight excluding hydrogens is 380 g/mol. The number of hydrogen-bond acceptors (Lipinski definition) is 3. The van der Waals surface area contributed by atoms with E-state index in [-0.39, 0.29) is 27.3 Å². The second kappa shape index (κ2) is 7.05. The van der Waals surface area contributed by atoms with Crippen molar-refractivity contribution in [2.24, 2.45) is 0 Å². The monoisotopic (exact) mass is 393 g/mol. The van der Waals surface area contributed by atoms with E-state index in [0.717, 1.165) is 12.1 Å². The molecule has 0 aliphatic carbocycles. The molecule has 1 N–H and O–H groups in total. The van der Waals surface area contributed by atoms with Crippen molar-refractivity contribution in [3.8, 4) is 0 Å². The van der Waals surface area contributed by atoms with Gasteiger partial charge in [-0.2, -0.15) is 0 Å². The van der Waals surface area contributed by atoms with Crippen molar-refractivity contribution in [3.63, 3.8) is 0 Å². The third-order valence-corrected chi connectivity index (χ3v) is 4.44. The highest BCUT2D eigenvalue weighted by Gasteiger charge is 2.24. The summed E-state index contributed by atoms with van der Waals surface area (Å²) in [5.41, 5.74) is 0.809. The summed E-state index contributed by atoms with van der Waals surface area (Å²) in [7, 11) is 0. The normalized spacial score (nSPS) is 11.2. The van der Waals surface area contributed by atoms with E-state index in [1.807, 2.05) is 18.4 Å². The summed E-state index contributed by atoms with van der Waals surface area (Å²) in [6.07, 6.45) is 3.21. The molecule has 0 saturated heterocycles. The van der Waals surface area contributed by atoms with Gasteiger partial charge in [0.05, 0.1) is 21.3 Å². The van der Waals surface area contributed by atoms with Crippen molar-refractivity contribution < 1.29 is 14.0 Å². The number of Topliss-reactive ketones (excluding diaryl/α,β-unsaturated/α-hetero) is 1. The molecule has 1 amide bonds. The number of pyridine rings is 1. The summed E-state index contributed by atoms with van der Waals surface area (Å²) in [6, 6.07) is 5.47. The maximum atomic E-state index is 13.3. The summed E-state index contributed by atoms with van der Waals surface area (Å²) in [6.45, 7) is 3.89. The number of fused-ring (bicyclic) bond motifs is 1. The SMILES string of the molecule is CC(C)n1cc(C(=O)C(=O)Nc2c(Cl)cc(F)cc2Cl)c2cccnc21. The van der Waals surface area contributed by atoms with Crippen molar-refractivity contribution in [1.82, 2.24) is 9.55 Å². The molecule has 0 spiro atoms. The first-order valence-electron chi connectivity index (χ1n) is 7.75. The Morgan fingerprint density at radius 1 is 1.23 bits per heavy atom. The molecule has 0 aliphatic rings. The topological polar surface area (TPSA) is 64.0 Å². The van der Waals surface area contributed by atoms with Crippen LogP contribution in [0.4, 0.5) is 10.1 Å². The van der Waals surface area contributed by atoms with Crippen LogP contribution in [0, 0.1) is 5.82 Å². The van der Waals surface area contributed by atoms with Crippen LogP contribution in [0.3, 0.4) is 0 Å². The summed E-state index contributed by atoms with van der Waals surface area (Å²) in [4.78, 5) is 29.4. The zero-order valence-corrected chi connectivity index (χ0v) is 15.4. The Morgan fingerprint density at radius 3 is 2.50 bits per heavy atom. The molecule has 3 rings (SSSR count). The van der Waals surface area contributed by atoms with Crippen LogP contribution in [0.5, 0.6) is 0 Å². The Morgan fingerprint density at radius 2 is 1.88 bits per heavy atom. The third-order valence-electron chi connectivity index (χ3n) is 3.84. The molecule has 0 saturated carbocycles. The second-order valence-corrected chi connectivity index (χ2v) is 6.76. The molecule has 0 bridgehead atoms. The molecule has 0 radical (unpaired) electrons. The van der Waals surface area contributed by atoms with E-state index in [0.29, 0.717) is 11.0 Å². The van der Waals surface area contributed by atoms with Gasteiger partial charge in [-0.05, 0) is 38.1 Å². The van der Waals surface area contributed by atoms with Crippen molar-refractivity contribution in [2.75, 3.05) is 5.32 Å². The molecule has 0 aliphatic heterocycles. The van der Waals surface area contributed by atoms with Crippen LogP contribution >= 0.6 is 23.2 Å². The molecule has 8 heteroatoms. The minimum absolute atomic E-state index is 0.0150. The fourth-order valence-corrected chi connectivity index (χ4v) is 3.17. The number of aromatic nitrogens is 2. The highest BCUT2D eigenvalue weighted by atomic mass is 35.5. The van der Waals surface area contributed by atoms with E-state index >= 15 is 0 Å². The van der Waals surface area contributed by atoms with E-state index < -0.39 is 17.5 Å². The van der Waals surface area contributed by atoms with E-state index in [4.69, 9.17) is 23.2 Å². The maximum absolute atomic E-state index is 13.3. The van der Waals surface area contributed by atoms with Crippen LogP contribution in [0.1, 0.15) is 30.2 Å². The molecule has 3 aromatic rings. The summed E-state index contributed by atoms with van der Waals surface area (Å²) >= 11 is 11.8. The molecule has 26 heavy (non-hydrogen) atoms. The molecule has 0 atom stereocenters. The van der Waals surface area contributed by atoms with E-state index in [2.05, 4.69) is 10.3 Å². The van der Waals surface area contributed by atoms with Gasteiger partial charge in [-0.25, -0.2) is 9.37 Å². The highest BCUT2D eigenvalue weighted by molar-refractivity contribution is 6.50. The predicted molar refractivity (Wildman–Crippen MR) is 99.5 cm³/mol. The van der Waals surface area contributed by atoms with Crippen LogP contribution < -0.4 is 5.32 Å². The predicted octanol–water partition coefficient (Wildman–Crippen LogP) is 4.88. The zero-order valence-electron chi connectivity index (χ0n) is 13.9. The Kier molecular flexibility index (Phi) is 4.98. The number of ketones is 1. The van der Waals surface area contributed by atoms with Crippen LogP contribution in [0.2, 0.25) is 10.0 Å². The van der Waals surface area contributed by atoms with Crippen LogP contribution in [-0.2, 0) is 4.79 Å². The average Bonchev–Trinajstić information content (AvgIpc) is 2.97. The van der Waals surface area contributed by atoms with Crippen LogP contribution in [0.25, 0.3) is 11.0 Å². The Balaban J connectivity index is 1.98. The van der Waals surface area contributed by atoms with Crippen molar-refractivity contribution in [1.29, 1.82) is 0 Å². The fraction of sp³-hybridized carbons (Fsp3) is 0.167. The molecule has 5 nitrogen and oxygen atoms in total. The summed E-state index contributed by atoms with van der Waals surface area (Å²) in [5.74, 6) is -2.33. The molecular formula is C18H14Cl2FN3O2. The number of carbonyl (C=O) groups excluding carboxylic acids is 2. The van der Waals surface area contributed by atoms with Gasteiger partial charge in [0, 0.05) is 23.8 Å². The van der Waals surface area contributed by atoms with Gasteiger partial charge in [0.2, 0.25) is 0 Å². The minimum atomic E-state index is -0.924.